The maximum Gasteiger partial charge on any atom is 0.161 e. The van der Waals surface area contributed by atoms with Crippen molar-refractivity contribution < 1.29 is 9.53 Å². The molecule has 1 atom stereocenters. The van der Waals surface area contributed by atoms with Crippen molar-refractivity contribution in [2.24, 2.45) is 7.05 Å². The molecule has 0 aromatic carbocycles. The molecule has 1 aliphatic rings. The van der Waals surface area contributed by atoms with Crippen LogP contribution in [0.2, 0.25) is 0 Å². The Balaban J connectivity index is 2.10. The molecule has 0 unspecified atom stereocenters. The van der Waals surface area contributed by atoms with E-state index in [1.165, 1.54) is 5.69 Å². The minimum Gasteiger partial charge on any atom is -0.375 e. The Morgan fingerprint density at radius 1 is 1.52 bits per heavy atom. The number of aromatic nitrogens is 1. The summed E-state index contributed by atoms with van der Waals surface area (Å²) in [4.78, 5) is 14.0. The van der Waals surface area contributed by atoms with Gasteiger partial charge in [-0.15, -0.1) is 0 Å². The largest absolute Gasteiger partial charge is 0.375 e. The van der Waals surface area contributed by atoms with Gasteiger partial charge in [-0.25, -0.2) is 0 Å². The third-order valence-electron chi connectivity index (χ3n) is 4.47. The van der Waals surface area contributed by atoms with E-state index in [4.69, 9.17) is 4.74 Å². The maximum atomic E-state index is 11.5. The topological polar surface area (TPSA) is 34.5 Å². The summed E-state index contributed by atoms with van der Waals surface area (Å²) in [6, 6.07) is 2.57. The lowest BCUT2D eigenvalue weighted by Crippen LogP contribution is -2.45. The van der Waals surface area contributed by atoms with Crippen molar-refractivity contribution in [1.29, 1.82) is 0 Å². The molecule has 1 aromatic heterocycles. The molecule has 0 spiro atoms. The Morgan fingerprint density at radius 2 is 2.24 bits per heavy atom. The molecule has 4 heteroatoms. The lowest BCUT2D eigenvalue weighted by Gasteiger charge is -2.41. The van der Waals surface area contributed by atoms with Gasteiger partial charge in [0.15, 0.2) is 5.78 Å². The first-order chi connectivity index (χ1) is 9.82. The third kappa shape index (κ3) is 3.95. The summed E-state index contributed by atoms with van der Waals surface area (Å²) in [6.07, 6.45) is 4.07. The van der Waals surface area contributed by atoms with E-state index in [1.54, 1.807) is 6.92 Å². The van der Waals surface area contributed by atoms with Crippen molar-refractivity contribution in [3.63, 3.8) is 0 Å². The number of Topliss-reactive ketones (excluding diaryl/α,β-unsaturated/α-hetero) is 1. The summed E-state index contributed by atoms with van der Waals surface area (Å²) in [7, 11) is 2.02. The molecule has 0 amide bonds. The average Bonchev–Trinajstić information content (AvgIpc) is 2.76. The molecule has 1 aromatic rings. The van der Waals surface area contributed by atoms with Crippen LogP contribution in [0.5, 0.6) is 0 Å². The van der Waals surface area contributed by atoms with Crippen LogP contribution in [0.1, 0.15) is 56.6 Å². The molecule has 1 fully saturated rings. The van der Waals surface area contributed by atoms with Gasteiger partial charge in [0.05, 0.1) is 5.60 Å². The zero-order chi connectivity index (χ0) is 15.6. The number of ketones is 1. The molecule has 2 rings (SSSR count). The summed E-state index contributed by atoms with van der Waals surface area (Å²) >= 11 is 0. The molecule has 118 valence electrons. The fraction of sp³-hybridized carbons (Fsp3) is 0.706. The smallest absolute Gasteiger partial charge is 0.161 e. The van der Waals surface area contributed by atoms with Crippen LogP contribution in [0, 0.1) is 0 Å². The van der Waals surface area contributed by atoms with Gasteiger partial charge < -0.3 is 9.30 Å². The van der Waals surface area contributed by atoms with Gasteiger partial charge in [0, 0.05) is 43.7 Å². The quantitative estimate of drug-likeness (QED) is 0.782. The minimum absolute atomic E-state index is 0.0326. The van der Waals surface area contributed by atoms with Gasteiger partial charge in [-0.1, -0.05) is 6.92 Å². The van der Waals surface area contributed by atoms with Crippen LogP contribution in [0.15, 0.2) is 12.3 Å². The zero-order valence-corrected chi connectivity index (χ0v) is 14.0. The van der Waals surface area contributed by atoms with E-state index in [1.807, 2.05) is 19.3 Å². The molecule has 0 aliphatic carbocycles. The fourth-order valence-corrected chi connectivity index (χ4v) is 3.18. The van der Waals surface area contributed by atoms with Crippen molar-refractivity contribution in [3.05, 3.63) is 23.5 Å². The monoisotopic (exact) mass is 292 g/mol. The van der Waals surface area contributed by atoms with Crippen molar-refractivity contribution >= 4 is 5.78 Å². The van der Waals surface area contributed by atoms with Crippen LogP contribution in [0.4, 0.5) is 0 Å². The number of carbonyl (C=O) groups is 1. The van der Waals surface area contributed by atoms with Crippen molar-refractivity contribution in [2.45, 2.75) is 58.7 Å². The molecule has 21 heavy (non-hydrogen) atoms. The molecule has 1 saturated heterocycles. The molecule has 0 bridgehead atoms. The number of carbonyl (C=O) groups excluding carboxylic acids is 1. The molecule has 0 N–H and O–H groups in total. The first-order valence-corrected chi connectivity index (χ1v) is 7.86. The summed E-state index contributed by atoms with van der Waals surface area (Å²) in [5.74, 6) is 0.132. The number of hydrogen-bond acceptors (Lipinski definition) is 3. The van der Waals surface area contributed by atoms with Crippen LogP contribution in [0.3, 0.4) is 0 Å². The molecule has 4 nitrogen and oxygen atoms in total. The van der Waals surface area contributed by atoms with E-state index in [2.05, 4.69) is 30.2 Å². The molecular weight excluding hydrogens is 264 g/mol. The highest BCUT2D eigenvalue weighted by molar-refractivity contribution is 5.94. The first kappa shape index (κ1) is 16.2. The summed E-state index contributed by atoms with van der Waals surface area (Å²) < 4.78 is 7.90. The lowest BCUT2D eigenvalue weighted by molar-refractivity contribution is -0.0840. The van der Waals surface area contributed by atoms with Gasteiger partial charge in [-0.05, 0) is 46.2 Å². The van der Waals surface area contributed by atoms with Crippen molar-refractivity contribution in [3.8, 4) is 0 Å². The van der Waals surface area contributed by atoms with E-state index in [0.717, 1.165) is 38.1 Å². The average molecular weight is 292 g/mol. The predicted octanol–water partition coefficient (Wildman–Crippen LogP) is 3.01. The molecule has 1 aliphatic heterocycles. The van der Waals surface area contributed by atoms with E-state index in [0.29, 0.717) is 6.04 Å². The summed E-state index contributed by atoms with van der Waals surface area (Å²) in [5, 5.41) is 0. The van der Waals surface area contributed by atoms with Gasteiger partial charge in [-0.2, -0.15) is 0 Å². The number of aryl methyl sites for hydroxylation is 1. The zero-order valence-electron chi connectivity index (χ0n) is 14.0. The number of rotatable bonds is 5. The minimum atomic E-state index is -0.0326. The van der Waals surface area contributed by atoms with Gasteiger partial charge in [0.25, 0.3) is 0 Å². The van der Waals surface area contributed by atoms with E-state index >= 15 is 0 Å². The standard InChI is InChI=1S/C17H28N2O2/c1-6-19(15-7-8-21-17(3,4)10-15)12-16-9-14(13(2)20)11-18(16)5/h9,11,15H,6-8,10,12H2,1-5H3/t15-/m1/s1. The lowest BCUT2D eigenvalue weighted by atomic mass is 9.92. The van der Waals surface area contributed by atoms with Crippen LogP contribution in [-0.2, 0) is 18.3 Å². The number of ether oxygens (including phenoxy) is 1. The highest BCUT2D eigenvalue weighted by atomic mass is 16.5. The molecule has 0 radical (unpaired) electrons. The highest BCUT2D eigenvalue weighted by Crippen LogP contribution is 2.28. The van der Waals surface area contributed by atoms with Crippen LogP contribution in [0.25, 0.3) is 0 Å². The second kappa shape index (κ2) is 6.32. The van der Waals surface area contributed by atoms with E-state index in [9.17, 15) is 4.79 Å². The Labute approximate surface area is 128 Å². The highest BCUT2D eigenvalue weighted by Gasteiger charge is 2.32. The Bertz CT molecular complexity index is 505. The van der Waals surface area contributed by atoms with Crippen LogP contribution < -0.4 is 0 Å². The maximum absolute atomic E-state index is 11.5. The van der Waals surface area contributed by atoms with Gasteiger partial charge in [-0.3, -0.25) is 9.69 Å². The van der Waals surface area contributed by atoms with E-state index < -0.39 is 0 Å². The summed E-state index contributed by atoms with van der Waals surface area (Å²) in [6.45, 7) is 10.9. The fourth-order valence-electron chi connectivity index (χ4n) is 3.18. The second-order valence-corrected chi connectivity index (χ2v) is 6.71. The summed E-state index contributed by atoms with van der Waals surface area (Å²) in [5.41, 5.74) is 1.97. The van der Waals surface area contributed by atoms with Crippen molar-refractivity contribution in [2.75, 3.05) is 13.2 Å². The number of hydrogen-bond donors (Lipinski definition) is 0. The normalized spacial score (nSPS) is 21.7. The first-order valence-electron chi connectivity index (χ1n) is 7.86. The predicted molar refractivity (Wildman–Crippen MR) is 84.6 cm³/mol. The Kier molecular flexibility index (Phi) is 4.89. The van der Waals surface area contributed by atoms with Crippen LogP contribution >= 0.6 is 0 Å². The molecular formula is C17H28N2O2. The van der Waals surface area contributed by atoms with E-state index in [-0.39, 0.29) is 11.4 Å². The Hall–Kier alpha value is -1.13. The van der Waals surface area contributed by atoms with Gasteiger partial charge in [0.2, 0.25) is 0 Å². The van der Waals surface area contributed by atoms with Crippen LogP contribution in [-0.4, -0.2) is 40.0 Å². The molecule has 0 saturated carbocycles. The molecule has 2 heterocycles. The Morgan fingerprint density at radius 3 is 2.76 bits per heavy atom. The van der Waals surface area contributed by atoms with Crippen molar-refractivity contribution in [1.82, 2.24) is 9.47 Å². The second-order valence-electron chi connectivity index (χ2n) is 6.71. The van der Waals surface area contributed by atoms with Gasteiger partial charge >= 0.3 is 0 Å². The number of nitrogens with zero attached hydrogens (tertiary/aromatic N) is 2. The third-order valence-corrected chi connectivity index (χ3v) is 4.47. The van der Waals surface area contributed by atoms with Gasteiger partial charge in [0.1, 0.15) is 0 Å². The SMILES string of the molecule is CCN(Cc1cc(C(C)=O)cn1C)[C@@H]1CCOC(C)(C)C1.